The van der Waals surface area contributed by atoms with Crippen molar-refractivity contribution in [2.45, 2.75) is 25.4 Å². The highest BCUT2D eigenvalue weighted by Gasteiger charge is 2.26. The Morgan fingerprint density at radius 3 is 3.09 bits per heavy atom. The molecule has 2 aromatic rings. The second-order valence-corrected chi connectivity index (χ2v) is 5.98. The van der Waals surface area contributed by atoms with Gasteiger partial charge in [-0.1, -0.05) is 12.1 Å². The number of nitrogens with two attached hydrogens (primary N) is 1. The van der Waals surface area contributed by atoms with E-state index in [0.717, 1.165) is 19.5 Å². The van der Waals surface area contributed by atoms with Crippen LogP contribution >= 0.6 is 0 Å². The van der Waals surface area contributed by atoms with E-state index in [2.05, 4.69) is 22.3 Å². The van der Waals surface area contributed by atoms with Crippen molar-refractivity contribution in [3.05, 3.63) is 47.8 Å². The molecule has 0 spiro atoms. The van der Waals surface area contributed by atoms with Crippen LogP contribution in [0.15, 0.2) is 36.7 Å². The minimum Gasteiger partial charge on any atom is -0.484 e. The summed E-state index contributed by atoms with van der Waals surface area (Å²) in [5.41, 5.74) is 7.55. The molecule has 1 aromatic heterocycles. The van der Waals surface area contributed by atoms with Gasteiger partial charge in [0.25, 0.3) is 5.91 Å². The largest absolute Gasteiger partial charge is 0.484 e. The number of nitrogens with zero attached hydrogens (tertiary/aromatic N) is 3. The predicted octanol–water partition coefficient (Wildman–Crippen LogP) is 1.62. The molecule has 1 aliphatic heterocycles. The Balaban J connectivity index is 1.68. The van der Waals surface area contributed by atoms with Gasteiger partial charge in [-0.15, -0.1) is 0 Å². The van der Waals surface area contributed by atoms with Gasteiger partial charge < -0.3 is 10.5 Å². The summed E-state index contributed by atoms with van der Waals surface area (Å²) in [5.74, 6) is 0.213. The highest BCUT2D eigenvalue weighted by molar-refractivity contribution is 5.75. The molecule has 122 valence electrons. The Morgan fingerprint density at radius 2 is 2.35 bits per heavy atom. The molecular weight excluding hydrogens is 292 g/mol. The van der Waals surface area contributed by atoms with Crippen LogP contribution in [0.5, 0.6) is 5.75 Å². The number of carbonyl (C=O) groups is 1. The molecule has 6 nitrogen and oxygen atoms in total. The number of benzene rings is 1. The number of ether oxygens (including phenoxy) is 1. The van der Waals surface area contributed by atoms with Gasteiger partial charge in [0.2, 0.25) is 0 Å². The van der Waals surface area contributed by atoms with Crippen LogP contribution in [-0.2, 0) is 18.4 Å². The van der Waals surface area contributed by atoms with Crippen LogP contribution in [0.25, 0.3) is 0 Å². The van der Waals surface area contributed by atoms with Crippen LogP contribution in [0.4, 0.5) is 0 Å². The molecule has 1 aliphatic rings. The zero-order valence-electron chi connectivity index (χ0n) is 13.3. The molecule has 2 N–H and O–H groups in total. The van der Waals surface area contributed by atoms with E-state index in [4.69, 9.17) is 10.5 Å². The molecule has 23 heavy (non-hydrogen) atoms. The fraction of sp³-hybridized carbons (Fsp3) is 0.412. The van der Waals surface area contributed by atoms with Crippen LogP contribution in [0.2, 0.25) is 0 Å². The van der Waals surface area contributed by atoms with Crippen molar-refractivity contribution in [1.82, 2.24) is 14.7 Å². The molecule has 2 heterocycles. The minimum atomic E-state index is -0.466. The van der Waals surface area contributed by atoms with Gasteiger partial charge in [0.15, 0.2) is 6.61 Å². The number of likely N-dealkylation sites (tertiary alicyclic amines) is 1. The molecule has 3 rings (SSSR count). The van der Waals surface area contributed by atoms with Crippen molar-refractivity contribution in [2.75, 3.05) is 13.2 Å². The van der Waals surface area contributed by atoms with E-state index in [-0.39, 0.29) is 6.61 Å². The molecule has 0 bridgehead atoms. The van der Waals surface area contributed by atoms with Crippen LogP contribution in [0.3, 0.4) is 0 Å². The van der Waals surface area contributed by atoms with Crippen LogP contribution < -0.4 is 10.5 Å². The van der Waals surface area contributed by atoms with Gasteiger partial charge in [-0.2, -0.15) is 5.10 Å². The average Bonchev–Trinajstić information content (AvgIpc) is 3.14. The smallest absolute Gasteiger partial charge is 0.255 e. The second-order valence-electron chi connectivity index (χ2n) is 5.98. The third kappa shape index (κ3) is 3.90. The number of hydrogen-bond donors (Lipinski definition) is 1. The molecule has 0 radical (unpaired) electrons. The van der Waals surface area contributed by atoms with Crippen molar-refractivity contribution >= 4 is 5.91 Å². The molecule has 1 aromatic carbocycles. The second kappa shape index (κ2) is 6.83. The zero-order chi connectivity index (χ0) is 16.2. The topological polar surface area (TPSA) is 73.4 Å². The first-order chi connectivity index (χ1) is 11.1. The number of aromatic nitrogens is 2. The number of rotatable bonds is 6. The maximum atomic E-state index is 10.8. The number of hydrogen-bond acceptors (Lipinski definition) is 4. The number of primary amides is 1. The molecule has 0 aliphatic carbocycles. The Hall–Kier alpha value is -2.34. The van der Waals surface area contributed by atoms with Crippen molar-refractivity contribution < 1.29 is 9.53 Å². The van der Waals surface area contributed by atoms with Crippen molar-refractivity contribution in [3.63, 3.8) is 0 Å². The summed E-state index contributed by atoms with van der Waals surface area (Å²) in [6.07, 6.45) is 6.39. The molecule has 0 saturated carbocycles. The quantitative estimate of drug-likeness (QED) is 0.879. The van der Waals surface area contributed by atoms with Gasteiger partial charge >= 0.3 is 0 Å². The molecule has 1 fully saturated rings. The third-order valence-corrected chi connectivity index (χ3v) is 4.14. The summed E-state index contributed by atoms with van der Waals surface area (Å²) in [5, 5.41) is 4.28. The van der Waals surface area contributed by atoms with Crippen LogP contribution in [0, 0.1) is 0 Å². The van der Waals surface area contributed by atoms with Crippen molar-refractivity contribution in [1.29, 1.82) is 0 Å². The summed E-state index contributed by atoms with van der Waals surface area (Å²) >= 11 is 0. The molecule has 1 atom stereocenters. The lowest BCUT2D eigenvalue weighted by Gasteiger charge is -2.23. The van der Waals surface area contributed by atoms with E-state index >= 15 is 0 Å². The zero-order valence-corrected chi connectivity index (χ0v) is 13.3. The van der Waals surface area contributed by atoms with Crippen LogP contribution in [-0.4, -0.2) is 33.7 Å². The normalized spacial score (nSPS) is 18.2. The first-order valence-electron chi connectivity index (χ1n) is 7.84. The van der Waals surface area contributed by atoms with E-state index in [9.17, 15) is 4.79 Å². The molecule has 1 unspecified atom stereocenters. The lowest BCUT2D eigenvalue weighted by atomic mass is 10.1. The minimum absolute atomic E-state index is 0.0918. The number of carbonyl (C=O) groups excluding carboxylic acids is 1. The standard InChI is InChI=1S/C17H22N4O2/c1-20-11-14(9-19-20)16-6-3-7-21(16)10-13-4-2-5-15(8-13)23-12-17(18)22/h2,4-5,8-9,11,16H,3,6-7,10,12H2,1H3,(H2,18,22). The van der Waals surface area contributed by atoms with Gasteiger partial charge in [0, 0.05) is 31.4 Å². The summed E-state index contributed by atoms with van der Waals surface area (Å²) in [7, 11) is 1.95. The van der Waals surface area contributed by atoms with E-state index in [1.807, 2.05) is 36.1 Å². The van der Waals surface area contributed by atoms with Crippen LogP contribution in [0.1, 0.15) is 30.0 Å². The van der Waals surface area contributed by atoms with E-state index < -0.39 is 5.91 Å². The van der Waals surface area contributed by atoms with Gasteiger partial charge in [0.05, 0.1) is 6.20 Å². The monoisotopic (exact) mass is 314 g/mol. The highest BCUT2D eigenvalue weighted by Crippen LogP contribution is 2.33. The summed E-state index contributed by atoms with van der Waals surface area (Å²) in [4.78, 5) is 13.3. The van der Waals surface area contributed by atoms with E-state index in [1.165, 1.54) is 17.5 Å². The van der Waals surface area contributed by atoms with Gasteiger partial charge in [-0.25, -0.2) is 0 Å². The Labute approximate surface area is 135 Å². The molecule has 6 heteroatoms. The molecule has 1 amide bonds. The van der Waals surface area contributed by atoms with Gasteiger partial charge in [-0.3, -0.25) is 14.4 Å². The Morgan fingerprint density at radius 1 is 1.48 bits per heavy atom. The first kappa shape index (κ1) is 15.6. The Bertz CT molecular complexity index is 683. The lowest BCUT2D eigenvalue weighted by molar-refractivity contribution is -0.119. The van der Waals surface area contributed by atoms with Crippen molar-refractivity contribution in [2.24, 2.45) is 12.8 Å². The first-order valence-corrected chi connectivity index (χ1v) is 7.84. The predicted molar refractivity (Wildman–Crippen MR) is 86.7 cm³/mol. The molecule has 1 saturated heterocycles. The lowest BCUT2D eigenvalue weighted by Crippen LogP contribution is -2.22. The third-order valence-electron chi connectivity index (χ3n) is 4.14. The SMILES string of the molecule is Cn1cc(C2CCCN2Cc2cccc(OCC(N)=O)c2)cn1. The number of amides is 1. The van der Waals surface area contributed by atoms with Gasteiger partial charge in [-0.05, 0) is 37.1 Å². The van der Waals surface area contributed by atoms with E-state index in [1.54, 1.807) is 0 Å². The fourth-order valence-electron chi connectivity index (χ4n) is 3.13. The Kier molecular flexibility index (Phi) is 4.62. The van der Waals surface area contributed by atoms with Gasteiger partial charge in [0.1, 0.15) is 5.75 Å². The average molecular weight is 314 g/mol. The fourth-order valence-corrected chi connectivity index (χ4v) is 3.13. The summed E-state index contributed by atoms with van der Waals surface area (Å²) in [6.45, 7) is 1.84. The van der Waals surface area contributed by atoms with E-state index in [0.29, 0.717) is 11.8 Å². The maximum Gasteiger partial charge on any atom is 0.255 e. The summed E-state index contributed by atoms with van der Waals surface area (Å²) in [6, 6.07) is 8.26. The van der Waals surface area contributed by atoms with Crippen molar-refractivity contribution in [3.8, 4) is 5.75 Å². The molecular formula is C17H22N4O2. The highest BCUT2D eigenvalue weighted by atomic mass is 16.5. The summed E-state index contributed by atoms with van der Waals surface area (Å²) < 4.78 is 7.23. The number of aryl methyl sites for hydroxylation is 1. The maximum absolute atomic E-state index is 10.8.